The lowest BCUT2D eigenvalue weighted by Crippen LogP contribution is -2.42. The molecule has 1 aromatic rings. The molecule has 1 aromatic heterocycles. The molecular formula is C10H18N4S. The molecule has 1 N–H and O–H groups in total. The third-order valence-corrected chi connectivity index (χ3v) is 3.43. The van der Waals surface area contributed by atoms with Crippen LogP contribution < -0.4 is 5.32 Å². The standard InChI is InChI=1S/C10H18N4S/c1-8(2)10-9(15-13-12-10)7-14-5-3-11-4-6-14/h8,11H,3-7H2,1-2H3. The molecule has 0 aromatic carbocycles. The second-order valence-corrected chi connectivity index (χ2v) is 5.10. The molecule has 1 aliphatic rings. The van der Waals surface area contributed by atoms with E-state index in [0.29, 0.717) is 5.92 Å². The number of aromatic nitrogens is 2. The van der Waals surface area contributed by atoms with E-state index in [4.69, 9.17) is 0 Å². The fourth-order valence-corrected chi connectivity index (χ4v) is 2.67. The molecule has 84 valence electrons. The van der Waals surface area contributed by atoms with Gasteiger partial charge in [-0.05, 0) is 17.5 Å². The number of nitrogens with one attached hydrogen (secondary N) is 1. The molecule has 1 aliphatic heterocycles. The average molecular weight is 226 g/mol. The highest BCUT2D eigenvalue weighted by molar-refractivity contribution is 7.05. The van der Waals surface area contributed by atoms with Crippen LogP contribution in [0, 0.1) is 0 Å². The van der Waals surface area contributed by atoms with Gasteiger partial charge in [-0.15, -0.1) is 5.10 Å². The topological polar surface area (TPSA) is 41.1 Å². The molecule has 2 rings (SSSR count). The van der Waals surface area contributed by atoms with Crippen LogP contribution in [0.15, 0.2) is 0 Å². The first-order valence-corrected chi connectivity index (χ1v) is 6.29. The highest BCUT2D eigenvalue weighted by Gasteiger charge is 2.16. The molecule has 2 heterocycles. The summed E-state index contributed by atoms with van der Waals surface area (Å²) in [5.41, 5.74) is 1.18. The smallest absolute Gasteiger partial charge is 0.0826 e. The molecule has 0 saturated carbocycles. The first-order valence-electron chi connectivity index (χ1n) is 5.51. The van der Waals surface area contributed by atoms with Gasteiger partial charge >= 0.3 is 0 Å². The second-order valence-electron chi connectivity index (χ2n) is 4.26. The number of hydrogen-bond acceptors (Lipinski definition) is 5. The molecule has 0 unspecified atom stereocenters. The summed E-state index contributed by atoms with van der Waals surface area (Å²) in [5.74, 6) is 0.488. The largest absolute Gasteiger partial charge is 0.314 e. The van der Waals surface area contributed by atoms with E-state index in [9.17, 15) is 0 Å². The molecule has 0 aliphatic carbocycles. The SMILES string of the molecule is CC(C)c1nnsc1CN1CCNCC1. The Hall–Kier alpha value is -0.520. The van der Waals surface area contributed by atoms with Crippen molar-refractivity contribution in [2.24, 2.45) is 0 Å². The molecule has 0 radical (unpaired) electrons. The summed E-state index contributed by atoms with van der Waals surface area (Å²) in [6, 6.07) is 0. The maximum atomic E-state index is 4.21. The van der Waals surface area contributed by atoms with Gasteiger partial charge in [0.1, 0.15) is 0 Å². The fraction of sp³-hybridized carbons (Fsp3) is 0.800. The lowest BCUT2D eigenvalue weighted by Gasteiger charge is -2.26. The van der Waals surface area contributed by atoms with Crippen molar-refractivity contribution < 1.29 is 0 Å². The van der Waals surface area contributed by atoms with Gasteiger partial charge in [-0.1, -0.05) is 18.3 Å². The van der Waals surface area contributed by atoms with E-state index < -0.39 is 0 Å². The van der Waals surface area contributed by atoms with Gasteiger partial charge in [0.25, 0.3) is 0 Å². The quantitative estimate of drug-likeness (QED) is 0.837. The minimum absolute atomic E-state index is 0.488. The van der Waals surface area contributed by atoms with Gasteiger partial charge in [0.05, 0.1) is 10.6 Å². The third-order valence-electron chi connectivity index (χ3n) is 2.71. The van der Waals surface area contributed by atoms with Crippen LogP contribution in [-0.4, -0.2) is 40.7 Å². The summed E-state index contributed by atoms with van der Waals surface area (Å²) in [4.78, 5) is 3.81. The zero-order valence-electron chi connectivity index (χ0n) is 9.36. The fourth-order valence-electron chi connectivity index (χ4n) is 1.84. The zero-order chi connectivity index (χ0) is 10.7. The van der Waals surface area contributed by atoms with E-state index in [1.165, 1.54) is 10.6 Å². The summed E-state index contributed by atoms with van der Waals surface area (Å²) in [5, 5.41) is 7.57. The number of piperazine rings is 1. The average Bonchev–Trinajstić information content (AvgIpc) is 2.67. The Bertz CT molecular complexity index is 304. The number of hydrogen-bond donors (Lipinski definition) is 1. The van der Waals surface area contributed by atoms with Gasteiger partial charge in [0, 0.05) is 32.7 Å². The minimum Gasteiger partial charge on any atom is -0.314 e. The van der Waals surface area contributed by atoms with Gasteiger partial charge in [0.15, 0.2) is 0 Å². The molecule has 0 bridgehead atoms. The molecular weight excluding hydrogens is 208 g/mol. The van der Waals surface area contributed by atoms with Gasteiger partial charge in [-0.3, -0.25) is 4.90 Å². The van der Waals surface area contributed by atoms with Crippen LogP contribution in [0.4, 0.5) is 0 Å². The van der Waals surface area contributed by atoms with Gasteiger partial charge < -0.3 is 5.32 Å². The summed E-state index contributed by atoms with van der Waals surface area (Å²) in [6.45, 7) is 9.85. The highest BCUT2D eigenvalue weighted by Crippen LogP contribution is 2.21. The van der Waals surface area contributed by atoms with Crippen LogP contribution in [0.25, 0.3) is 0 Å². The van der Waals surface area contributed by atoms with E-state index >= 15 is 0 Å². The predicted octanol–water partition coefficient (Wildman–Crippen LogP) is 1.07. The third kappa shape index (κ3) is 2.74. The van der Waals surface area contributed by atoms with Crippen molar-refractivity contribution >= 4 is 11.5 Å². The van der Waals surface area contributed by atoms with E-state index in [1.54, 1.807) is 11.5 Å². The van der Waals surface area contributed by atoms with Crippen LogP contribution in [0.5, 0.6) is 0 Å². The van der Waals surface area contributed by atoms with E-state index in [2.05, 4.69) is 33.7 Å². The van der Waals surface area contributed by atoms with Crippen molar-refractivity contribution in [1.82, 2.24) is 19.8 Å². The van der Waals surface area contributed by atoms with Gasteiger partial charge in [0.2, 0.25) is 0 Å². The molecule has 0 amide bonds. The highest BCUT2D eigenvalue weighted by atomic mass is 32.1. The van der Waals surface area contributed by atoms with Crippen molar-refractivity contribution in [2.75, 3.05) is 26.2 Å². The first kappa shape index (κ1) is 11.0. The molecule has 4 nitrogen and oxygen atoms in total. The normalized spacial score (nSPS) is 18.6. The first-order chi connectivity index (χ1) is 7.27. The summed E-state index contributed by atoms with van der Waals surface area (Å²) in [7, 11) is 0. The van der Waals surface area contributed by atoms with Crippen molar-refractivity contribution in [2.45, 2.75) is 26.3 Å². The number of nitrogens with zero attached hydrogens (tertiary/aromatic N) is 3. The van der Waals surface area contributed by atoms with E-state index in [-0.39, 0.29) is 0 Å². The minimum atomic E-state index is 0.488. The molecule has 1 fully saturated rings. The van der Waals surface area contributed by atoms with Crippen LogP contribution in [0.1, 0.15) is 30.3 Å². The Kier molecular flexibility index (Phi) is 3.66. The maximum Gasteiger partial charge on any atom is 0.0826 e. The van der Waals surface area contributed by atoms with Crippen molar-refractivity contribution in [3.8, 4) is 0 Å². The number of rotatable bonds is 3. The molecule has 5 heteroatoms. The van der Waals surface area contributed by atoms with Crippen LogP contribution in [0.3, 0.4) is 0 Å². The Morgan fingerprint density at radius 2 is 2.13 bits per heavy atom. The summed E-state index contributed by atoms with van der Waals surface area (Å²) < 4.78 is 4.06. The van der Waals surface area contributed by atoms with Gasteiger partial charge in [-0.25, -0.2) is 0 Å². The van der Waals surface area contributed by atoms with Crippen LogP contribution >= 0.6 is 11.5 Å². The van der Waals surface area contributed by atoms with Crippen LogP contribution in [-0.2, 0) is 6.54 Å². The van der Waals surface area contributed by atoms with E-state index in [1.807, 2.05) is 0 Å². The monoisotopic (exact) mass is 226 g/mol. The Balaban J connectivity index is 1.99. The lowest BCUT2D eigenvalue weighted by molar-refractivity contribution is 0.234. The summed E-state index contributed by atoms with van der Waals surface area (Å²) >= 11 is 1.55. The molecule has 1 saturated heterocycles. The lowest BCUT2D eigenvalue weighted by atomic mass is 10.1. The van der Waals surface area contributed by atoms with Crippen molar-refractivity contribution in [3.63, 3.8) is 0 Å². The maximum absolute atomic E-state index is 4.21. The van der Waals surface area contributed by atoms with E-state index in [0.717, 1.165) is 32.7 Å². The molecule has 0 atom stereocenters. The van der Waals surface area contributed by atoms with Crippen molar-refractivity contribution in [1.29, 1.82) is 0 Å². The van der Waals surface area contributed by atoms with Gasteiger partial charge in [-0.2, -0.15) is 0 Å². The predicted molar refractivity (Wildman–Crippen MR) is 62.1 cm³/mol. The zero-order valence-corrected chi connectivity index (χ0v) is 10.2. The molecule has 0 spiro atoms. The molecule has 15 heavy (non-hydrogen) atoms. The Morgan fingerprint density at radius 1 is 1.40 bits per heavy atom. The summed E-state index contributed by atoms with van der Waals surface area (Å²) in [6.07, 6.45) is 0. The Morgan fingerprint density at radius 3 is 2.80 bits per heavy atom. The Labute approximate surface area is 94.8 Å². The van der Waals surface area contributed by atoms with Crippen molar-refractivity contribution in [3.05, 3.63) is 10.6 Å². The second kappa shape index (κ2) is 5.01. The van der Waals surface area contributed by atoms with Crippen LogP contribution in [0.2, 0.25) is 0 Å².